The first kappa shape index (κ1) is 35.1. The number of benzene rings is 5. The Morgan fingerprint density at radius 1 is 0.804 bits per heavy atom. The molecule has 0 radical (unpaired) electrons. The smallest absolute Gasteiger partial charge is 0.263 e. The van der Waals surface area contributed by atoms with Crippen LogP contribution in [0.5, 0.6) is 0 Å². The van der Waals surface area contributed by atoms with E-state index in [1.165, 1.54) is 27.7 Å². The number of rotatable bonds is 12. The number of aliphatic imine (C=N–C) groups is 1. The van der Waals surface area contributed by atoms with Gasteiger partial charge in [-0.1, -0.05) is 72.3 Å². The van der Waals surface area contributed by atoms with Crippen LogP contribution in [0.15, 0.2) is 130 Å². The Morgan fingerprint density at radius 3 is 2.35 bits per heavy atom. The molecule has 1 saturated heterocycles. The van der Waals surface area contributed by atoms with Gasteiger partial charge in [0.1, 0.15) is 5.84 Å². The molecule has 0 atom stereocenters. The summed E-state index contributed by atoms with van der Waals surface area (Å²) in [5.74, 6) is 1.25. The highest BCUT2D eigenvalue weighted by molar-refractivity contribution is 7.99. The number of fused-ring (bicyclic) bond motifs is 1. The molecule has 0 unspecified atom stereocenters. The summed E-state index contributed by atoms with van der Waals surface area (Å²) in [6.07, 6.45) is 1.58. The van der Waals surface area contributed by atoms with Gasteiger partial charge in [0.15, 0.2) is 0 Å². The Labute approximate surface area is 309 Å². The highest BCUT2D eigenvalue weighted by atomic mass is 35.5. The fourth-order valence-corrected chi connectivity index (χ4v) is 8.72. The van der Waals surface area contributed by atoms with E-state index < -0.39 is 10.0 Å². The molecule has 5 aromatic rings. The molecule has 1 fully saturated rings. The topological polar surface area (TPSA) is 97.3 Å². The minimum Gasteiger partial charge on any atom is -0.369 e. The molecule has 0 saturated carbocycles. The number of nitrogens with one attached hydrogen (secondary N) is 2. The van der Waals surface area contributed by atoms with Crippen LogP contribution < -0.4 is 15.1 Å². The van der Waals surface area contributed by atoms with E-state index in [1.807, 2.05) is 36.4 Å². The second-order valence-corrected chi connectivity index (χ2v) is 16.0. The van der Waals surface area contributed by atoms with Crippen molar-refractivity contribution in [3.63, 3.8) is 0 Å². The summed E-state index contributed by atoms with van der Waals surface area (Å²) in [5.41, 5.74) is 10.0. The van der Waals surface area contributed by atoms with Gasteiger partial charge in [-0.15, -0.1) is 11.8 Å². The first-order valence-corrected chi connectivity index (χ1v) is 19.9. The van der Waals surface area contributed by atoms with E-state index in [2.05, 4.69) is 85.7 Å². The fourth-order valence-electron chi connectivity index (χ4n) is 6.65. The number of nitrogens with zero attached hydrogens (tertiary/aromatic N) is 3. The molecule has 7 rings (SSSR count). The van der Waals surface area contributed by atoms with E-state index in [9.17, 15) is 13.6 Å². The molecule has 0 bridgehead atoms. The van der Waals surface area contributed by atoms with E-state index in [0.29, 0.717) is 24.5 Å². The second-order valence-electron chi connectivity index (χ2n) is 12.7. The molecular formula is C40H40ClN5O3S2. The first-order chi connectivity index (χ1) is 24.9. The summed E-state index contributed by atoms with van der Waals surface area (Å²) >= 11 is 7.90. The average molecular weight is 738 g/mol. The maximum Gasteiger partial charge on any atom is 0.263 e. The van der Waals surface area contributed by atoms with Gasteiger partial charge in [-0.3, -0.25) is 25.3 Å². The van der Waals surface area contributed by atoms with Crippen molar-refractivity contribution in [3.8, 4) is 11.1 Å². The third kappa shape index (κ3) is 8.43. The predicted octanol–water partition coefficient (Wildman–Crippen LogP) is 8.09. The van der Waals surface area contributed by atoms with Crippen molar-refractivity contribution >= 4 is 50.6 Å². The predicted molar refractivity (Wildman–Crippen MR) is 209 cm³/mol. The number of thioether (sulfide) groups is 1. The molecule has 8 nitrogen and oxygen atoms in total. The zero-order valence-corrected chi connectivity index (χ0v) is 30.5. The summed E-state index contributed by atoms with van der Waals surface area (Å²) in [5, 5.41) is 10.6. The lowest BCUT2D eigenvalue weighted by Gasteiger charge is -2.36. The molecule has 2 heterocycles. The third-order valence-corrected chi connectivity index (χ3v) is 12.1. The Balaban J connectivity index is 0.944. The molecule has 0 spiro atoms. The maximum absolute atomic E-state index is 13.5. The lowest BCUT2D eigenvalue weighted by Crippen LogP contribution is -2.46. The van der Waals surface area contributed by atoms with Crippen LogP contribution in [0.1, 0.15) is 28.7 Å². The van der Waals surface area contributed by atoms with Crippen LogP contribution in [0.4, 0.5) is 11.4 Å². The van der Waals surface area contributed by atoms with Crippen LogP contribution in [-0.4, -0.2) is 56.3 Å². The van der Waals surface area contributed by atoms with Crippen molar-refractivity contribution in [1.29, 1.82) is 0 Å². The van der Waals surface area contributed by atoms with Gasteiger partial charge in [-0.25, -0.2) is 8.42 Å². The van der Waals surface area contributed by atoms with Crippen molar-refractivity contribution in [3.05, 3.63) is 143 Å². The van der Waals surface area contributed by atoms with E-state index >= 15 is 0 Å². The Kier molecular flexibility index (Phi) is 11.0. The van der Waals surface area contributed by atoms with Gasteiger partial charge in [-0.2, -0.15) is 0 Å². The monoisotopic (exact) mass is 737 g/mol. The minimum atomic E-state index is -3.94. The van der Waals surface area contributed by atoms with E-state index in [-0.39, 0.29) is 4.90 Å². The molecule has 51 heavy (non-hydrogen) atoms. The van der Waals surface area contributed by atoms with Gasteiger partial charge in [0.2, 0.25) is 0 Å². The number of hydrogen-bond donors (Lipinski definition) is 3. The summed E-state index contributed by atoms with van der Waals surface area (Å²) in [6.45, 7) is 4.94. The largest absolute Gasteiger partial charge is 0.369 e. The maximum atomic E-state index is 13.5. The van der Waals surface area contributed by atoms with Gasteiger partial charge in [0.25, 0.3) is 10.0 Å². The van der Waals surface area contributed by atoms with E-state index in [1.54, 1.807) is 23.9 Å². The van der Waals surface area contributed by atoms with Crippen molar-refractivity contribution in [2.75, 3.05) is 42.3 Å². The molecule has 0 aromatic heterocycles. The molecular weight excluding hydrogens is 698 g/mol. The summed E-state index contributed by atoms with van der Waals surface area (Å²) < 4.78 is 29.6. The van der Waals surface area contributed by atoms with Crippen molar-refractivity contribution in [2.45, 2.75) is 35.7 Å². The second kappa shape index (κ2) is 15.9. The average Bonchev–Trinajstić information content (AvgIpc) is 3.55. The number of amidine groups is 1. The van der Waals surface area contributed by atoms with E-state index in [0.717, 1.165) is 72.3 Å². The minimum absolute atomic E-state index is 0.0582. The number of sulfonamides is 1. The van der Waals surface area contributed by atoms with Crippen molar-refractivity contribution in [1.82, 2.24) is 9.62 Å². The lowest BCUT2D eigenvalue weighted by atomic mass is 9.99. The number of halogens is 1. The number of anilines is 2. The summed E-state index contributed by atoms with van der Waals surface area (Å²) in [7, 11) is -3.94. The highest BCUT2D eigenvalue weighted by Gasteiger charge is 2.25. The number of piperazine rings is 1. The lowest BCUT2D eigenvalue weighted by molar-refractivity contribution is 0.250. The van der Waals surface area contributed by atoms with Crippen molar-refractivity contribution < 1.29 is 13.6 Å². The van der Waals surface area contributed by atoms with Gasteiger partial charge in [0, 0.05) is 53.9 Å². The molecule has 0 aliphatic carbocycles. The van der Waals surface area contributed by atoms with Crippen LogP contribution in [0.2, 0.25) is 5.02 Å². The van der Waals surface area contributed by atoms with Crippen LogP contribution in [0.3, 0.4) is 0 Å². The normalized spacial score (nSPS) is 14.6. The Morgan fingerprint density at radius 2 is 1.57 bits per heavy atom. The van der Waals surface area contributed by atoms with Crippen LogP contribution >= 0.6 is 23.4 Å². The zero-order valence-electron chi connectivity index (χ0n) is 28.1. The summed E-state index contributed by atoms with van der Waals surface area (Å²) in [4.78, 5) is 10.7. The fraction of sp³-hybridized carbons (Fsp3) is 0.225. The number of hydrogen-bond acceptors (Lipinski definition) is 8. The SMILES string of the molecule is O=S(=O)(NC1=NCc2cc(N3CCN(Cc4ccccc4-c4ccc(Cl)cc4)CC3)ccc21)c1ccc(CCCSc2ccccc2)c(NO)c1. The van der Waals surface area contributed by atoms with Gasteiger partial charge in [0.05, 0.1) is 17.1 Å². The van der Waals surface area contributed by atoms with Gasteiger partial charge >= 0.3 is 0 Å². The molecule has 2 aliphatic rings. The third-order valence-electron chi connectivity index (χ3n) is 9.40. The molecule has 5 aromatic carbocycles. The Hall–Kier alpha value is -4.32. The molecule has 0 amide bonds. The molecule has 3 N–H and O–H groups in total. The van der Waals surface area contributed by atoms with Crippen LogP contribution in [0.25, 0.3) is 11.1 Å². The van der Waals surface area contributed by atoms with Gasteiger partial charge < -0.3 is 4.90 Å². The quantitative estimate of drug-likeness (QED) is 0.0677. The molecule has 11 heteroatoms. The zero-order chi connectivity index (χ0) is 35.2. The van der Waals surface area contributed by atoms with Gasteiger partial charge in [-0.05, 0) is 101 Å². The standard InChI is InChI=1S/C40H40ClN5O3S2/c41-33-15-12-29(13-16-33)37-11-5-4-7-31(37)28-45-20-22-46(23-21-45)34-17-19-38-32(25-34)27-42-40(38)44-51(48,49)36-18-14-30(39(26-36)43-47)8-6-24-50-35-9-2-1-3-10-35/h1-5,7,9-19,25-26,43,47H,6,8,20-24,27-28H2,(H,42,44). The Bertz CT molecular complexity index is 2120. The van der Waals surface area contributed by atoms with E-state index in [4.69, 9.17) is 11.6 Å². The summed E-state index contributed by atoms with van der Waals surface area (Å²) in [6, 6.07) is 37.7. The van der Waals surface area contributed by atoms with Crippen LogP contribution in [-0.2, 0) is 29.5 Å². The molecule has 2 aliphatic heterocycles. The first-order valence-electron chi connectivity index (χ1n) is 17.1. The van der Waals surface area contributed by atoms with Crippen molar-refractivity contribution in [2.24, 2.45) is 4.99 Å². The molecule has 262 valence electrons. The number of aryl methyl sites for hydroxylation is 1. The highest BCUT2D eigenvalue weighted by Crippen LogP contribution is 2.30. The van der Waals surface area contributed by atoms with Crippen LogP contribution in [0, 0.1) is 0 Å².